The van der Waals surface area contributed by atoms with Crippen molar-refractivity contribution in [2.24, 2.45) is 5.92 Å². The predicted octanol–water partition coefficient (Wildman–Crippen LogP) is 4.66. The van der Waals surface area contributed by atoms with Crippen LogP contribution in [0.4, 0.5) is 5.69 Å². The molecule has 1 N–H and O–H groups in total. The van der Waals surface area contributed by atoms with Gasteiger partial charge in [-0.2, -0.15) is 0 Å². The number of aromatic nitrogens is 1. The van der Waals surface area contributed by atoms with E-state index >= 15 is 0 Å². The van der Waals surface area contributed by atoms with E-state index in [1.165, 1.54) is 0 Å². The lowest BCUT2D eigenvalue weighted by Gasteiger charge is -2.26. The van der Waals surface area contributed by atoms with Crippen LogP contribution in [0.3, 0.4) is 0 Å². The zero-order valence-corrected chi connectivity index (χ0v) is 18.2. The van der Waals surface area contributed by atoms with Crippen LogP contribution in [0.2, 0.25) is 0 Å². The average Bonchev–Trinajstić information content (AvgIpc) is 3.38. The highest BCUT2D eigenvalue weighted by atomic mass is 16.2. The first kappa shape index (κ1) is 21.8. The first-order chi connectivity index (χ1) is 15.7. The third kappa shape index (κ3) is 5.82. The van der Waals surface area contributed by atoms with Gasteiger partial charge in [0.15, 0.2) is 0 Å². The molecule has 0 bridgehead atoms. The zero-order valence-electron chi connectivity index (χ0n) is 18.2. The van der Waals surface area contributed by atoms with Crippen LogP contribution < -0.4 is 10.2 Å². The van der Waals surface area contributed by atoms with Crippen LogP contribution in [0.5, 0.6) is 0 Å². The molecule has 2 aromatic carbocycles. The molecule has 1 aromatic heterocycles. The SMILES string of the molecule is O=C(Cc1ccc(N(Cc2ccccc2)C(=O)C2CCCC2)cc1)NCc1ccccn1. The Morgan fingerprint density at radius 2 is 1.59 bits per heavy atom. The number of hydrogen-bond acceptors (Lipinski definition) is 3. The molecule has 1 aliphatic rings. The second-order valence-electron chi connectivity index (χ2n) is 8.33. The van der Waals surface area contributed by atoms with Crippen molar-refractivity contribution in [2.45, 2.75) is 45.2 Å². The molecule has 0 unspecified atom stereocenters. The maximum absolute atomic E-state index is 13.3. The molecular formula is C27H29N3O2. The monoisotopic (exact) mass is 427 g/mol. The maximum atomic E-state index is 13.3. The van der Waals surface area contributed by atoms with Crippen LogP contribution in [0.1, 0.15) is 42.5 Å². The highest BCUT2D eigenvalue weighted by molar-refractivity contribution is 5.95. The first-order valence-electron chi connectivity index (χ1n) is 11.3. The predicted molar refractivity (Wildman–Crippen MR) is 126 cm³/mol. The minimum atomic E-state index is -0.0495. The van der Waals surface area contributed by atoms with Crippen molar-refractivity contribution >= 4 is 17.5 Å². The highest BCUT2D eigenvalue weighted by Gasteiger charge is 2.28. The van der Waals surface area contributed by atoms with E-state index in [2.05, 4.69) is 22.4 Å². The lowest BCUT2D eigenvalue weighted by Crippen LogP contribution is -2.35. The van der Waals surface area contributed by atoms with Crippen molar-refractivity contribution in [3.05, 3.63) is 95.8 Å². The molecular weight excluding hydrogens is 398 g/mol. The summed E-state index contributed by atoms with van der Waals surface area (Å²) >= 11 is 0. The lowest BCUT2D eigenvalue weighted by molar-refractivity contribution is -0.122. The first-order valence-corrected chi connectivity index (χ1v) is 11.3. The summed E-state index contributed by atoms with van der Waals surface area (Å²) in [4.78, 5) is 31.7. The van der Waals surface area contributed by atoms with Crippen molar-refractivity contribution < 1.29 is 9.59 Å². The Morgan fingerprint density at radius 1 is 0.875 bits per heavy atom. The third-order valence-electron chi connectivity index (χ3n) is 5.96. The fourth-order valence-electron chi connectivity index (χ4n) is 4.19. The standard InChI is InChI=1S/C27H29N3O2/c31-26(29-19-24-12-6-7-17-28-24)18-21-13-15-25(16-14-21)30(20-22-8-2-1-3-9-22)27(32)23-10-4-5-11-23/h1-3,6-9,12-17,23H,4-5,10-11,18-20H2,(H,29,31). The largest absolute Gasteiger partial charge is 0.350 e. The molecule has 4 rings (SSSR count). The van der Waals surface area contributed by atoms with Crippen molar-refractivity contribution in [3.8, 4) is 0 Å². The lowest BCUT2D eigenvalue weighted by atomic mass is 10.0. The number of rotatable bonds is 8. The number of anilines is 1. The Hall–Kier alpha value is -3.47. The van der Waals surface area contributed by atoms with Crippen molar-refractivity contribution in [1.82, 2.24) is 10.3 Å². The van der Waals surface area contributed by atoms with Crippen molar-refractivity contribution in [1.29, 1.82) is 0 Å². The number of amides is 2. The van der Waals surface area contributed by atoms with Crippen LogP contribution in [0.25, 0.3) is 0 Å². The summed E-state index contributed by atoms with van der Waals surface area (Å²) in [7, 11) is 0. The van der Waals surface area contributed by atoms with E-state index < -0.39 is 0 Å². The van der Waals surface area contributed by atoms with Gasteiger partial charge in [-0.1, -0.05) is 61.4 Å². The number of carbonyl (C=O) groups excluding carboxylic acids is 2. The van der Waals surface area contributed by atoms with Gasteiger partial charge in [-0.3, -0.25) is 14.6 Å². The van der Waals surface area contributed by atoms with E-state index in [1.807, 2.05) is 65.6 Å². The summed E-state index contributed by atoms with van der Waals surface area (Å²) < 4.78 is 0. The summed E-state index contributed by atoms with van der Waals surface area (Å²) in [6.45, 7) is 0.971. The van der Waals surface area contributed by atoms with Crippen LogP contribution in [-0.2, 0) is 29.1 Å². The Bertz CT molecular complexity index is 1010. The van der Waals surface area contributed by atoms with E-state index in [4.69, 9.17) is 0 Å². The summed E-state index contributed by atoms with van der Waals surface area (Å²) in [6, 6.07) is 23.5. The molecule has 0 saturated heterocycles. The highest BCUT2D eigenvalue weighted by Crippen LogP contribution is 2.29. The van der Waals surface area contributed by atoms with Gasteiger partial charge in [0, 0.05) is 17.8 Å². The molecule has 1 saturated carbocycles. The van der Waals surface area contributed by atoms with E-state index in [-0.39, 0.29) is 17.7 Å². The zero-order chi connectivity index (χ0) is 22.2. The van der Waals surface area contributed by atoms with E-state index in [0.29, 0.717) is 19.5 Å². The number of nitrogens with one attached hydrogen (secondary N) is 1. The molecule has 1 fully saturated rings. The number of pyridine rings is 1. The molecule has 164 valence electrons. The van der Waals surface area contributed by atoms with E-state index in [1.54, 1.807) is 6.20 Å². The normalized spacial score (nSPS) is 13.6. The second-order valence-corrected chi connectivity index (χ2v) is 8.33. The van der Waals surface area contributed by atoms with Gasteiger partial charge in [0.1, 0.15) is 0 Å². The topological polar surface area (TPSA) is 62.3 Å². The number of benzene rings is 2. The fraction of sp³-hybridized carbons (Fsp3) is 0.296. The smallest absolute Gasteiger partial charge is 0.230 e. The van der Waals surface area contributed by atoms with Gasteiger partial charge < -0.3 is 10.2 Å². The molecule has 0 atom stereocenters. The maximum Gasteiger partial charge on any atom is 0.230 e. The second kappa shape index (κ2) is 10.7. The summed E-state index contributed by atoms with van der Waals surface area (Å²) in [5.74, 6) is 0.259. The minimum Gasteiger partial charge on any atom is -0.350 e. The molecule has 1 aliphatic carbocycles. The number of nitrogens with zero attached hydrogens (tertiary/aromatic N) is 2. The van der Waals surface area contributed by atoms with Crippen LogP contribution in [0, 0.1) is 5.92 Å². The van der Waals surface area contributed by atoms with E-state index in [0.717, 1.165) is 48.2 Å². The number of carbonyl (C=O) groups is 2. The fourth-order valence-corrected chi connectivity index (χ4v) is 4.19. The summed E-state index contributed by atoms with van der Waals surface area (Å²) in [5, 5.41) is 2.91. The quantitative estimate of drug-likeness (QED) is 0.569. The van der Waals surface area contributed by atoms with Crippen LogP contribution in [-0.4, -0.2) is 16.8 Å². The van der Waals surface area contributed by atoms with Gasteiger partial charge in [-0.05, 0) is 48.2 Å². The van der Waals surface area contributed by atoms with Crippen molar-refractivity contribution in [3.63, 3.8) is 0 Å². The molecule has 0 radical (unpaired) electrons. The van der Waals surface area contributed by atoms with Gasteiger partial charge in [0.25, 0.3) is 0 Å². The molecule has 0 spiro atoms. The molecule has 32 heavy (non-hydrogen) atoms. The van der Waals surface area contributed by atoms with Gasteiger partial charge in [0.2, 0.25) is 11.8 Å². The minimum absolute atomic E-state index is 0.0495. The van der Waals surface area contributed by atoms with Crippen LogP contribution in [0.15, 0.2) is 79.0 Å². The molecule has 2 amide bonds. The van der Waals surface area contributed by atoms with Gasteiger partial charge in [-0.25, -0.2) is 0 Å². The third-order valence-corrected chi connectivity index (χ3v) is 5.96. The molecule has 1 heterocycles. The number of hydrogen-bond donors (Lipinski definition) is 1. The average molecular weight is 428 g/mol. The van der Waals surface area contributed by atoms with Crippen LogP contribution >= 0.6 is 0 Å². The molecule has 5 heteroatoms. The van der Waals surface area contributed by atoms with Gasteiger partial charge in [-0.15, -0.1) is 0 Å². The van der Waals surface area contributed by atoms with E-state index in [9.17, 15) is 9.59 Å². The van der Waals surface area contributed by atoms with Crippen molar-refractivity contribution in [2.75, 3.05) is 4.90 Å². The molecule has 3 aromatic rings. The summed E-state index contributed by atoms with van der Waals surface area (Å²) in [6.07, 6.45) is 6.21. The molecule has 5 nitrogen and oxygen atoms in total. The molecule has 0 aliphatic heterocycles. The van der Waals surface area contributed by atoms with Gasteiger partial charge in [0.05, 0.1) is 25.2 Å². The Kier molecular flexibility index (Phi) is 7.28. The summed E-state index contributed by atoms with van der Waals surface area (Å²) in [5.41, 5.74) is 3.73. The van der Waals surface area contributed by atoms with Gasteiger partial charge >= 0.3 is 0 Å². The Labute approximate surface area is 189 Å². The Balaban J connectivity index is 1.42. The Morgan fingerprint density at radius 3 is 2.28 bits per heavy atom.